The van der Waals surface area contributed by atoms with Gasteiger partial charge in [-0.25, -0.2) is 9.67 Å². The largest absolute Gasteiger partial charge is 0.416 e. The first-order valence-electron chi connectivity index (χ1n) is 10.7. The first kappa shape index (κ1) is 23.0. The molecule has 176 valence electrons. The van der Waals surface area contributed by atoms with Crippen LogP contribution < -0.4 is 0 Å². The number of halogens is 4. The molecule has 0 N–H and O–H groups in total. The van der Waals surface area contributed by atoms with E-state index in [0.717, 1.165) is 34.3 Å². The Balaban J connectivity index is 1.35. The van der Waals surface area contributed by atoms with Gasteiger partial charge in [-0.15, -0.1) is 5.10 Å². The number of hydrogen-bond acceptors (Lipinski definition) is 4. The topological polar surface area (TPSA) is 52.8 Å². The fourth-order valence-electron chi connectivity index (χ4n) is 3.69. The normalized spacial score (nSPS) is 11.8. The second-order valence-corrected chi connectivity index (χ2v) is 8.32. The van der Waals surface area contributed by atoms with Crippen LogP contribution in [0.2, 0.25) is 5.02 Å². The van der Waals surface area contributed by atoms with Crippen molar-refractivity contribution >= 4 is 22.5 Å². The molecule has 5 rings (SSSR count). The fourth-order valence-corrected chi connectivity index (χ4v) is 3.82. The summed E-state index contributed by atoms with van der Waals surface area (Å²) in [5, 5.41) is 9.82. The van der Waals surface area contributed by atoms with E-state index in [4.69, 9.17) is 16.3 Å². The van der Waals surface area contributed by atoms with Crippen LogP contribution in [0.1, 0.15) is 16.8 Å². The van der Waals surface area contributed by atoms with E-state index >= 15 is 0 Å². The van der Waals surface area contributed by atoms with Crippen molar-refractivity contribution in [2.24, 2.45) is 0 Å². The predicted molar refractivity (Wildman–Crippen MR) is 127 cm³/mol. The van der Waals surface area contributed by atoms with Gasteiger partial charge in [-0.05, 0) is 54.1 Å². The Morgan fingerprint density at radius 3 is 2.37 bits per heavy atom. The van der Waals surface area contributed by atoms with E-state index in [0.29, 0.717) is 22.0 Å². The van der Waals surface area contributed by atoms with Crippen molar-refractivity contribution in [3.8, 4) is 16.9 Å². The van der Waals surface area contributed by atoms with Gasteiger partial charge in [0.15, 0.2) is 0 Å². The van der Waals surface area contributed by atoms with Gasteiger partial charge in [-0.1, -0.05) is 47.1 Å². The Hall–Kier alpha value is -3.75. The van der Waals surface area contributed by atoms with Crippen LogP contribution in [0.5, 0.6) is 0 Å². The van der Waals surface area contributed by atoms with Gasteiger partial charge in [-0.2, -0.15) is 13.2 Å². The molecule has 2 heterocycles. The molecular formula is C26H18ClF3N4O. The highest BCUT2D eigenvalue weighted by Gasteiger charge is 2.30. The number of fused-ring (bicyclic) bond motifs is 1. The minimum atomic E-state index is -4.39. The molecule has 0 aliphatic heterocycles. The summed E-state index contributed by atoms with van der Waals surface area (Å²) in [5.74, 6) is 0. The number of pyridine rings is 1. The summed E-state index contributed by atoms with van der Waals surface area (Å²) in [6.07, 6.45) is -2.61. The summed E-state index contributed by atoms with van der Waals surface area (Å²) in [6, 6.07) is 21.6. The molecular weight excluding hydrogens is 477 g/mol. The van der Waals surface area contributed by atoms with E-state index in [1.807, 2.05) is 42.5 Å². The number of ether oxygens (including phenoxy) is 1. The van der Waals surface area contributed by atoms with Crippen LogP contribution in [0, 0.1) is 0 Å². The van der Waals surface area contributed by atoms with Crippen LogP contribution in [0.3, 0.4) is 0 Å². The van der Waals surface area contributed by atoms with Crippen molar-refractivity contribution < 1.29 is 17.9 Å². The number of para-hydroxylation sites is 1. The Morgan fingerprint density at radius 1 is 0.886 bits per heavy atom. The van der Waals surface area contributed by atoms with Gasteiger partial charge in [0.2, 0.25) is 0 Å². The van der Waals surface area contributed by atoms with E-state index in [1.165, 1.54) is 12.1 Å². The zero-order valence-electron chi connectivity index (χ0n) is 18.2. The Bertz CT molecular complexity index is 1470. The summed E-state index contributed by atoms with van der Waals surface area (Å²) in [7, 11) is 0. The molecule has 5 nitrogen and oxygen atoms in total. The quantitative estimate of drug-likeness (QED) is 0.258. The van der Waals surface area contributed by atoms with Crippen molar-refractivity contribution in [2.45, 2.75) is 19.4 Å². The monoisotopic (exact) mass is 494 g/mol. The van der Waals surface area contributed by atoms with E-state index < -0.39 is 11.7 Å². The highest BCUT2D eigenvalue weighted by Crippen LogP contribution is 2.31. The Morgan fingerprint density at radius 2 is 1.63 bits per heavy atom. The van der Waals surface area contributed by atoms with Gasteiger partial charge in [0.1, 0.15) is 5.69 Å². The molecule has 9 heteroatoms. The summed E-state index contributed by atoms with van der Waals surface area (Å²) < 4.78 is 46.4. The van der Waals surface area contributed by atoms with E-state index in [1.54, 1.807) is 23.0 Å². The minimum absolute atomic E-state index is 0.236. The third-order valence-electron chi connectivity index (χ3n) is 5.45. The maximum Gasteiger partial charge on any atom is 0.416 e. The smallest absolute Gasteiger partial charge is 0.370 e. The highest BCUT2D eigenvalue weighted by atomic mass is 35.5. The van der Waals surface area contributed by atoms with Gasteiger partial charge in [-0.3, -0.25) is 0 Å². The van der Waals surface area contributed by atoms with Gasteiger partial charge in [0.05, 0.1) is 41.9 Å². The predicted octanol–water partition coefficient (Wildman–Crippen LogP) is 6.87. The zero-order chi connectivity index (χ0) is 24.4. The molecule has 2 aromatic heterocycles. The number of benzene rings is 3. The molecule has 0 bridgehead atoms. The average molecular weight is 495 g/mol. The van der Waals surface area contributed by atoms with Gasteiger partial charge in [0, 0.05) is 16.0 Å². The molecule has 0 radical (unpaired) electrons. The molecule has 0 atom stereocenters. The molecule has 0 aliphatic carbocycles. The molecule has 35 heavy (non-hydrogen) atoms. The lowest BCUT2D eigenvalue weighted by Crippen LogP contribution is -2.04. The molecule has 0 spiro atoms. The summed E-state index contributed by atoms with van der Waals surface area (Å²) in [4.78, 5) is 4.64. The minimum Gasteiger partial charge on any atom is -0.370 e. The molecule has 0 saturated heterocycles. The molecule has 0 aliphatic rings. The first-order chi connectivity index (χ1) is 16.9. The van der Waals surface area contributed by atoms with E-state index in [9.17, 15) is 13.2 Å². The number of aromatic nitrogens is 4. The van der Waals surface area contributed by atoms with Crippen molar-refractivity contribution in [2.75, 3.05) is 0 Å². The molecule has 0 saturated carbocycles. The summed E-state index contributed by atoms with van der Waals surface area (Å²) >= 11 is 5.93. The SMILES string of the molecule is FC(F)(F)c1ccc(-c2cc(COCc3cn(-c4ccc(Cl)cc4)nn3)c3ccccc3n2)cc1. The third-order valence-corrected chi connectivity index (χ3v) is 5.70. The lowest BCUT2D eigenvalue weighted by molar-refractivity contribution is -0.137. The van der Waals surface area contributed by atoms with Crippen LogP contribution in [0.25, 0.3) is 27.8 Å². The Labute approximate surface area is 203 Å². The second-order valence-electron chi connectivity index (χ2n) is 7.88. The number of nitrogens with zero attached hydrogens (tertiary/aromatic N) is 4. The number of alkyl halides is 3. The van der Waals surface area contributed by atoms with Gasteiger partial charge >= 0.3 is 6.18 Å². The van der Waals surface area contributed by atoms with Crippen molar-refractivity contribution in [3.05, 3.63) is 107 Å². The van der Waals surface area contributed by atoms with Gasteiger partial charge in [0.25, 0.3) is 0 Å². The molecule has 5 aromatic rings. The maximum atomic E-state index is 12.9. The average Bonchev–Trinajstić information content (AvgIpc) is 3.33. The standard InChI is InChI=1S/C26H18ClF3N4O/c27-20-9-11-22(12-10-20)34-14-21(32-33-34)16-35-15-18-13-25(31-24-4-2-1-3-23(18)24)17-5-7-19(8-6-17)26(28,29)30/h1-14H,15-16H2. The van der Waals surface area contributed by atoms with Crippen LogP contribution in [0.4, 0.5) is 13.2 Å². The van der Waals surface area contributed by atoms with Crippen molar-refractivity contribution in [1.29, 1.82) is 0 Å². The lowest BCUT2D eigenvalue weighted by Gasteiger charge is -2.11. The molecule has 0 amide bonds. The van der Waals surface area contributed by atoms with Crippen LogP contribution in [0.15, 0.2) is 85.1 Å². The number of rotatable bonds is 6. The lowest BCUT2D eigenvalue weighted by atomic mass is 10.0. The molecule has 0 fully saturated rings. The van der Waals surface area contributed by atoms with E-state index in [-0.39, 0.29) is 13.2 Å². The van der Waals surface area contributed by atoms with E-state index in [2.05, 4.69) is 15.3 Å². The Kier molecular flexibility index (Phi) is 6.23. The highest BCUT2D eigenvalue weighted by molar-refractivity contribution is 6.30. The van der Waals surface area contributed by atoms with Crippen molar-refractivity contribution in [3.63, 3.8) is 0 Å². The van der Waals surface area contributed by atoms with Crippen LogP contribution in [-0.2, 0) is 24.1 Å². The maximum absolute atomic E-state index is 12.9. The van der Waals surface area contributed by atoms with Crippen LogP contribution in [-0.4, -0.2) is 20.0 Å². The third kappa shape index (κ3) is 5.18. The summed E-state index contributed by atoms with van der Waals surface area (Å²) in [6.45, 7) is 0.504. The second kappa shape index (κ2) is 9.48. The first-order valence-corrected chi connectivity index (χ1v) is 11.1. The number of hydrogen-bond donors (Lipinski definition) is 0. The molecule has 0 unspecified atom stereocenters. The fraction of sp³-hybridized carbons (Fsp3) is 0.115. The molecule has 3 aromatic carbocycles. The summed E-state index contributed by atoms with van der Waals surface area (Å²) in [5.41, 5.74) is 3.56. The van der Waals surface area contributed by atoms with Crippen LogP contribution >= 0.6 is 11.6 Å². The van der Waals surface area contributed by atoms with Crippen molar-refractivity contribution in [1.82, 2.24) is 20.0 Å². The zero-order valence-corrected chi connectivity index (χ0v) is 19.0. The van der Waals surface area contributed by atoms with Gasteiger partial charge < -0.3 is 4.74 Å².